The van der Waals surface area contributed by atoms with Crippen LogP contribution in [0.25, 0.3) is 0 Å². The van der Waals surface area contributed by atoms with Gasteiger partial charge < -0.3 is 5.73 Å². The lowest BCUT2D eigenvalue weighted by Gasteiger charge is -2.37. The van der Waals surface area contributed by atoms with Gasteiger partial charge in [0.2, 0.25) is 5.92 Å². The van der Waals surface area contributed by atoms with E-state index in [-0.39, 0.29) is 12.8 Å². The summed E-state index contributed by atoms with van der Waals surface area (Å²) in [6, 6.07) is 3.78. The first-order valence-electron chi connectivity index (χ1n) is 5.55. The normalized spacial score (nSPS) is 22.9. The second kappa shape index (κ2) is 4.09. The molecule has 1 heterocycles. The van der Waals surface area contributed by atoms with E-state index in [4.69, 9.17) is 5.73 Å². The molecule has 0 amide bonds. The summed E-state index contributed by atoms with van der Waals surface area (Å²) in [5.74, 6) is -2.52. The quantitative estimate of drug-likeness (QED) is 0.841. The molecule has 16 heavy (non-hydrogen) atoms. The Morgan fingerprint density at radius 3 is 2.50 bits per heavy atom. The molecule has 88 valence electrons. The monoisotopic (exact) mass is 226 g/mol. The zero-order valence-corrected chi connectivity index (χ0v) is 9.13. The molecule has 1 aromatic rings. The zero-order valence-electron chi connectivity index (χ0n) is 9.13. The van der Waals surface area contributed by atoms with Crippen molar-refractivity contribution in [3.63, 3.8) is 0 Å². The van der Waals surface area contributed by atoms with Crippen molar-refractivity contribution in [3.05, 3.63) is 30.1 Å². The van der Waals surface area contributed by atoms with Crippen molar-refractivity contribution in [2.24, 2.45) is 5.73 Å². The van der Waals surface area contributed by atoms with E-state index in [0.717, 1.165) is 5.56 Å². The Morgan fingerprint density at radius 2 is 1.94 bits per heavy atom. The van der Waals surface area contributed by atoms with E-state index in [1.165, 1.54) is 0 Å². The molecule has 0 saturated heterocycles. The van der Waals surface area contributed by atoms with Gasteiger partial charge in [0, 0.05) is 30.8 Å². The van der Waals surface area contributed by atoms with Crippen LogP contribution in [0.2, 0.25) is 0 Å². The van der Waals surface area contributed by atoms with Gasteiger partial charge in [-0.1, -0.05) is 6.07 Å². The van der Waals surface area contributed by atoms with Crippen LogP contribution in [-0.4, -0.2) is 16.4 Å². The molecule has 0 radical (unpaired) electrons. The molecule has 1 saturated carbocycles. The van der Waals surface area contributed by atoms with Crippen LogP contribution >= 0.6 is 0 Å². The van der Waals surface area contributed by atoms with Crippen LogP contribution in [0.1, 0.15) is 31.2 Å². The van der Waals surface area contributed by atoms with Gasteiger partial charge in [-0.05, 0) is 30.9 Å². The first-order valence-corrected chi connectivity index (χ1v) is 5.55. The summed E-state index contributed by atoms with van der Waals surface area (Å²) in [7, 11) is 0. The Bertz CT molecular complexity index is 341. The number of nitrogens with zero attached hydrogens (tertiary/aromatic N) is 1. The Kier molecular flexibility index (Phi) is 2.93. The zero-order chi connectivity index (χ0) is 11.6. The van der Waals surface area contributed by atoms with Crippen molar-refractivity contribution >= 4 is 0 Å². The van der Waals surface area contributed by atoms with E-state index in [0.29, 0.717) is 19.3 Å². The van der Waals surface area contributed by atoms with Crippen molar-refractivity contribution in [2.45, 2.75) is 43.6 Å². The van der Waals surface area contributed by atoms with E-state index in [1.807, 2.05) is 12.1 Å². The molecule has 0 bridgehead atoms. The van der Waals surface area contributed by atoms with Crippen molar-refractivity contribution in [1.82, 2.24) is 4.98 Å². The fourth-order valence-corrected chi connectivity index (χ4v) is 2.20. The second-order valence-corrected chi connectivity index (χ2v) is 4.76. The average Bonchev–Trinajstić information content (AvgIpc) is 2.25. The molecule has 1 aliphatic rings. The Labute approximate surface area is 93.9 Å². The highest BCUT2D eigenvalue weighted by molar-refractivity contribution is 5.13. The molecule has 4 heteroatoms. The molecule has 0 atom stereocenters. The highest BCUT2D eigenvalue weighted by Gasteiger charge is 2.41. The van der Waals surface area contributed by atoms with Gasteiger partial charge in [-0.25, -0.2) is 8.78 Å². The summed E-state index contributed by atoms with van der Waals surface area (Å²) in [5.41, 5.74) is 6.69. The van der Waals surface area contributed by atoms with E-state index in [2.05, 4.69) is 4.98 Å². The van der Waals surface area contributed by atoms with Crippen molar-refractivity contribution in [2.75, 3.05) is 0 Å². The Hall–Kier alpha value is -1.03. The standard InChI is InChI=1S/C12H16F2N2/c13-12(14)5-3-11(15,4-6-12)8-10-2-1-7-16-9-10/h1-2,7,9H,3-6,8,15H2. The molecule has 0 aliphatic heterocycles. The molecule has 0 aromatic carbocycles. The topological polar surface area (TPSA) is 38.9 Å². The van der Waals surface area contributed by atoms with Crippen LogP contribution in [0.4, 0.5) is 8.78 Å². The maximum atomic E-state index is 13.0. The van der Waals surface area contributed by atoms with E-state index in [1.54, 1.807) is 12.4 Å². The van der Waals surface area contributed by atoms with Crippen LogP contribution in [0, 0.1) is 0 Å². The van der Waals surface area contributed by atoms with Gasteiger partial charge in [0.1, 0.15) is 0 Å². The number of pyridine rings is 1. The van der Waals surface area contributed by atoms with Crippen LogP contribution in [0.15, 0.2) is 24.5 Å². The minimum Gasteiger partial charge on any atom is -0.325 e. The molecule has 1 fully saturated rings. The summed E-state index contributed by atoms with van der Waals surface area (Å²) >= 11 is 0. The summed E-state index contributed by atoms with van der Waals surface area (Å²) in [6.07, 6.45) is 4.66. The lowest BCUT2D eigenvalue weighted by molar-refractivity contribution is -0.0505. The van der Waals surface area contributed by atoms with Crippen LogP contribution in [0.3, 0.4) is 0 Å². The van der Waals surface area contributed by atoms with Crippen molar-refractivity contribution in [3.8, 4) is 0 Å². The SMILES string of the molecule is NC1(Cc2cccnc2)CCC(F)(F)CC1. The third-order valence-corrected chi connectivity index (χ3v) is 3.26. The molecule has 2 nitrogen and oxygen atoms in total. The van der Waals surface area contributed by atoms with Gasteiger partial charge in [-0.15, -0.1) is 0 Å². The number of nitrogens with two attached hydrogens (primary N) is 1. The number of hydrogen-bond acceptors (Lipinski definition) is 2. The first kappa shape index (κ1) is 11.5. The predicted molar refractivity (Wildman–Crippen MR) is 58.3 cm³/mol. The minimum atomic E-state index is -2.52. The fraction of sp³-hybridized carbons (Fsp3) is 0.583. The molecular weight excluding hydrogens is 210 g/mol. The fourth-order valence-electron chi connectivity index (χ4n) is 2.20. The molecule has 0 unspecified atom stereocenters. The molecule has 1 aliphatic carbocycles. The Morgan fingerprint density at radius 1 is 1.25 bits per heavy atom. The lowest BCUT2D eigenvalue weighted by Crippen LogP contribution is -2.47. The number of hydrogen-bond donors (Lipinski definition) is 1. The number of halogens is 2. The number of alkyl halides is 2. The van der Waals surface area contributed by atoms with Gasteiger partial charge >= 0.3 is 0 Å². The molecular formula is C12H16F2N2. The van der Waals surface area contributed by atoms with Crippen LogP contribution in [-0.2, 0) is 6.42 Å². The molecule has 0 spiro atoms. The summed E-state index contributed by atoms with van der Waals surface area (Å²) < 4.78 is 26.0. The molecule has 2 rings (SSSR count). The smallest absolute Gasteiger partial charge is 0.248 e. The second-order valence-electron chi connectivity index (χ2n) is 4.76. The maximum absolute atomic E-state index is 13.0. The summed E-state index contributed by atoms with van der Waals surface area (Å²) in [6.45, 7) is 0. The van der Waals surface area contributed by atoms with E-state index >= 15 is 0 Å². The molecule has 2 N–H and O–H groups in total. The van der Waals surface area contributed by atoms with Crippen molar-refractivity contribution < 1.29 is 8.78 Å². The van der Waals surface area contributed by atoms with E-state index < -0.39 is 11.5 Å². The van der Waals surface area contributed by atoms with E-state index in [9.17, 15) is 8.78 Å². The number of aromatic nitrogens is 1. The summed E-state index contributed by atoms with van der Waals surface area (Å²) in [4.78, 5) is 4.01. The highest BCUT2D eigenvalue weighted by atomic mass is 19.3. The van der Waals surface area contributed by atoms with Gasteiger partial charge in [0.05, 0.1) is 0 Å². The average molecular weight is 226 g/mol. The minimum absolute atomic E-state index is 0.0935. The molecule has 1 aromatic heterocycles. The number of rotatable bonds is 2. The highest BCUT2D eigenvalue weighted by Crippen LogP contribution is 2.38. The van der Waals surface area contributed by atoms with Crippen LogP contribution in [0.5, 0.6) is 0 Å². The van der Waals surface area contributed by atoms with Gasteiger partial charge in [0.15, 0.2) is 0 Å². The van der Waals surface area contributed by atoms with Crippen LogP contribution < -0.4 is 5.73 Å². The lowest BCUT2D eigenvalue weighted by atomic mass is 9.77. The first-order chi connectivity index (χ1) is 7.49. The van der Waals surface area contributed by atoms with Gasteiger partial charge in [-0.2, -0.15) is 0 Å². The van der Waals surface area contributed by atoms with Crippen molar-refractivity contribution in [1.29, 1.82) is 0 Å². The van der Waals surface area contributed by atoms with Gasteiger partial charge in [-0.3, -0.25) is 4.98 Å². The summed E-state index contributed by atoms with van der Waals surface area (Å²) in [5, 5.41) is 0. The third kappa shape index (κ3) is 2.76. The van der Waals surface area contributed by atoms with Gasteiger partial charge in [0.25, 0.3) is 0 Å². The Balaban J connectivity index is 2.00. The maximum Gasteiger partial charge on any atom is 0.248 e. The largest absolute Gasteiger partial charge is 0.325 e. The third-order valence-electron chi connectivity index (χ3n) is 3.26. The predicted octanol–water partition coefficient (Wildman–Crippen LogP) is 2.53.